The van der Waals surface area contributed by atoms with E-state index in [-0.39, 0.29) is 0 Å². The number of rotatable bonds is 6. The predicted octanol–water partition coefficient (Wildman–Crippen LogP) is 3.73. The van der Waals surface area contributed by atoms with Crippen molar-refractivity contribution in [2.45, 2.75) is 50.0 Å². The van der Waals surface area contributed by atoms with Gasteiger partial charge in [0.25, 0.3) is 0 Å². The normalized spacial score (nSPS) is 18.7. The highest BCUT2D eigenvalue weighted by molar-refractivity contribution is 7.99. The summed E-state index contributed by atoms with van der Waals surface area (Å²) in [6, 6.07) is 4.89. The molecule has 0 spiro atoms. The molecule has 1 N–H and O–H groups in total. The van der Waals surface area contributed by atoms with Crippen LogP contribution in [0, 0.1) is 5.92 Å². The lowest BCUT2D eigenvalue weighted by atomic mass is 9.84. The van der Waals surface area contributed by atoms with E-state index in [9.17, 15) is 0 Å². The zero-order chi connectivity index (χ0) is 12.6. The minimum absolute atomic E-state index is 0.675. The first-order valence-corrected chi connectivity index (χ1v) is 8.15. The van der Waals surface area contributed by atoms with Crippen LogP contribution in [0.4, 0.5) is 0 Å². The Morgan fingerprint density at radius 1 is 1.28 bits per heavy atom. The summed E-state index contributed by atoms with van der Waals surface area (Å²) < 4.78 is 0. The summed E-state index contributed by atoms with van der Waals surface area (Å²) in [5, 5.41) is 3.69. The fraction of sp³-hybridized carbons (Fsp3) is 0.667. The second kappa shape index (κ2) is 7.80. The van der Waals surface area contributed by atoms with Crippen molar-refractivity contribution in [3.05, 3.63) is 24.5 Å². The molecule has 0 amide bonds. The highest BCUT2D eigenvalue weighted by Gasteiger charge is 2.22. The highest BCUT2D eigenvalue weighted by atomic mass is 32.2. The Morgan fingerprint density at radius 2 is 2.00 bits per heavy atom. The molecular formula is C15H24N2S. The van der Waals surface area contributed by atoms with Gasteiger partial charge < -0.3 is 5.32 Å². The molecule has 2 nitrogen and oxygen atoms in total. The molecule has 3 heteroatoms. The van der Waals surface area contributed by atoms with Gasteiger partial charge in [-0.05, 0) is 37.4 Å². The van der Waals surface area contributed by atoms with Gasteiger partial charge >= 0.3 is 0 Å². The molecule has 0 radical (unpaired) electrons. The Balaban J connectivity index is 1.85. The number of aromatic nitrogens is 1. The van der Waals surface area contributed by atoms with Gasteiger partial charge in [-0.3, -0.25) is 4.98 Å². The van der Waals surface area contributed by atoms with Gasteiger partial charge in [0.15, 0.2) is 0 Å². The van der Waals surface area contributed by atoms with Crippen LogP contribution in [-0.2, 0) is 0 Å². The molecule has 1 fully saturated rings. The number of nitrogens with one attached hydrogen (secondary N) is 1. The number of nitrogens with zero attached hydrogens (tertiary/aromatic N) is 1. The number of hydrogen-bond acceptors (Lipinski definition) is 3. The smallest absolute Gasteiger partial charge is 0.0278 e. The summed E-state index contributed by atoms with van der Waals surface area (Å²) in [7, 11) is 0. The molecule has 1 aromatic rings. The Morgan fingerprint density at radius 3 is 2.67 bits per heavy atom. The molecule has 0 aliphatic heterocycles. The summed E-state index contributed by atoms with van der Waals surface area (Å²) in [6.45, 7) is 3.30. The van der Waals surface area contributed by atoms with Crippen LogP contribution in [0.5, 0.6) is 0 Å². The lowest BCUT2D eigenvalue weighted by Gasteiger charge is -2.30. The number of hydrogen-bond donors (Lipinski definition) is 1. The van der Waals surface area contributed by atoms with Crippen molar-refractivity contribution >= 4 is 11.8 Å². The van der Waals surface area contributed by atoms with E-state index in [0.29, 0.717) is 6.04 Å². The van der Waals surface area contributed by atoms with E-state index in [4.69, 9.17) is 0 Å². The second-order valence-corrected chi connectivity index (χ2v) is 6.15. The van der Waals surface area contributed by atoms with Gasteiger partial charge in [-0.1, -0.05) is 26.2 Å². The number of pyridine rings is 1. The van der Waals surface area contributed by atoms with Gasteiger partial charge in [-0.15, -0.1) is 11.8 Å². The maximum atomic E-state index is 4.07. The summed E-state index contributed by atoms with van der Waals surface area (Å²) in [6.07, 6.45) is 10.9. The van der Waals surface area contributed by atoms with Crippen molar-refractivity contribution in [3.8, 4) is 0 Å². The fourth-order valence-electron chi connectivity index (χ4n) is 2.78. The van der Waals surface area contributed by atoms with Gasteiger partial charge in [0.05, 0.1) is 0 Å². The minimum atomic E-state index is 0.675. The third kappa shape index (κ3) is 4.29. The predicted molar refractivity (Wildman–Crippen MR) is 79.0 cm³/mol. The molecule has 18 heavy (non-hydrogen) atoms. The van der Waals surface area contributed by atoms with E-state index in [0.717, 1.165) is 12.5 Å². The average molecular weight is 264 g/mol. The topological polar surface area (TPSA) is 24.9 Å². The number of thioether (sulfide) groups is 1. The van der Waals surface area contributed by atoms with Crippen molar-refractivity contribution < 1.29 is 0 Å². The van der Waals surface area contributed by atoms with E-state index in [1.165, 1.54) is 42.8 Å². The Bertz CT molecular complexity index is 323. The first-order valence-electron chi connectivity index (χ1n) is 7.16. The Hall–Kier alpha value is -0.540. The van der Waals surface area contributed by atoms with Gasteiger partial charge in [0.1, 0.15) is 0 Å². The first-order chi connectivity index (χ1) is 8.90. The first kappa shape index (κ1) is 13.9. The standard InChI is InChI=1S/C15H24N2S/c1-2-17-15(13-6-4-3-5-7-13)12-18-14-8-10-16-11-9-14/h8-11,13,15,17H,2-7,12H2,1H3. The van der Waals surface area contributed by atoms with Crippen LogP contribution >= 0.6 is 11.8 Å². The molecule has 100 valence electrons. The molecule has 0 aromatic carbocycles. The van der Waals surface area contributed by atoms with Gasteiger partial charge in [-0.25, -0.2) is 0 Å². The molecule has 2 rings (SSSR count). The molecule has 1 aliphatic rings. The monoisotopic (exact) mass is 264 g/mol. The SMILES string of the molecule is CCNC(CSc1ccncc1)C1CCCCC1. The quantitative estimate of drug-likeness (QED) is 0.792. The third-order valence-corrected chi connectivity index (χ3v) is 4.90. The molecule has 1 saturated carbocycles. The minimum Gasteiger partial charge on any atom is -0.313 e. The van der Waals surface area contributed by atoms with Gasteiger partial charge in [0, 0.05) is 29.1 Å². The van der Waals surface area contributed by atoms with Crippen molar-refractivity contribution in [1.29, 1.82) is 0 Å². The molecule has 0 bridgehead atoms. The van der Waals surface area contributed by atoms with E-state index in [1.54, 1.807) is 0 Å². The third-order valence-electron chi connectivity index (χ3n) is 3.76. The molecule has 1 atom stereocenters. The van der Waals surface area contributed by atoms with Crippen LogP contribution in [0.1, 0.15) is 39.0 Å². The van der Waals surface area contributed by atoms with Crippen LogP contribution in [0.3, 0.4) is 0 Å². The van der Waals surface area contributed by atoms with Crippen LogP contribution in [-0.4, -0.2) is 23.3 Å². The largest absolute Gasteiger partial charge is 0.313 e. The van der Waals surface area contributed by atoms with Gasteiger partial charge in [0.2, 0.25) is 0 Å². The van der Waals surface area contributed by atoms with Crippen LogP contribution < -0.4 is 5.32 Å². The maximum Gasteiger partial charge on any atom is 0.0278 e. The zero-order valence-electron chi connectivity index (χ0n) is 11.3. The maximum absolute atomic E-state index is 4.07. The van der Waals surface area contributed by atoms with Crippen molar-refractivity contribution in [2.75, 3.05) is 12.3 Å². The molecule has 0 saturated heterocycles. The van der Waals surface area contributed by atoms with Gasteiger partial charge in [-0.2, -0.15) is 0 Å². The van der Waals surface area contributed by atoms with Crippen LogP contribution in [0.15, 0.2) is 29.4 Å². The van der Waals surface area contributed by atoms with E-state index < -0.39 is 0 Å². The van der Waals surface area contributed by atoms with E-state index in [2.05, 4.69) is 29.4 Å². The van der Waals surface area contributed by atoms with E-state index >= 15 is 0 Å². The zero-order valence-corrected chi connectivity index (χ0v) is 12.1. The molecule has 1 heterocycles. The summed E-state index contributed by atoms with van der Waals surface area (Å²) in [5.74, 6) is 2.07. The van der Waals surface area contributed by atoms with Crippen molar-refractivity contribution in [3.63, 3.8) is 0 Å². The molecule has 1 unspecified atom stereocenters. The van der Waals surface area contributed by atoms with Crippen molar-refractivity contribution in [2.24, 2.45) is 5.92 Å². The molecule has 1 aromatic heterocycles. The summed E-state index contributed by atoms with van der Waals surface area (Å²) in [5.41, 5.74) is 0. The lowest BCUT2D eigenvalue weighted by molar-refractivity contribution is 0.288. The van der Waals surface area contributed by atoms with Crippen LogP contribution in [0.2, 0.25) is 0 Å². The van der Waals surface area contributed by atoms with E-state index in [1.807, 2.05) is 24.2 Å². The Labute approximate surface area is 115 Å². The Kier molecular flexibility index (Phi) is 6.01. The summed E-state index contributed by atoms with van der Waals surface area (Å²) >= 11 is 1.96. The van der Waals surface area contributed by atoms with Crippen molar-refractivity contribution in [1.82, 2.24) is 10.3 Å². The second-order valence-electron chi connectivity index (χ2n) is 5.06. The summed E-state index contributed by atoms with van der Waals surface area (Å²) in [4.78, 5) is 5.41. The van der Waals surface area contributed by atoms with Crippen LogP contribution in [0.25, 0.3) is 0 Å². The highest BCUT2D eigenvalue weighted by Crippen LogP contribution is 2.29. The fourth-order valence-corrected chi connectivity index (χ4v) is 3.86. The average Bonchev–Trinajstić information content (AvgIpc) is 2.45. The lowest BCUT2D eigenvalue weighted by Crippen LogP contribution is -2.39. The molecular weight excluding hydrogens is 240 g/mol. The molecule has 1 aliphatic carbocycles.